The van der Waals surface area contributed by atoms with Gasteiger partial charge in [0.05, 0.1) is 0 Å². The molecule has 1 aromatic heterocycles. The number of carbonyl (C=O) groups excluding carboxylic acids is 1. The first kappa shape index (κ1) is 15.0. The van der Waals surface area contributed by atoms with E-state index in [1.54, 1.807) is 18.2 Å². The van der Waals surface area contributed by atoms with Crippen molar-refractivity contribution in [3.63, 3.8) is 0 Å². The lowest BCUT2D eigenvalue weighted by molar-refractivity contribution is -0.148. The molecule has 1 aliphatic carbocycles. The number of halogens is 1. The molecule has 0 bridgehead atoms. The Bertz CT molecular complexity index is 535. The Morgan fingerprint density at radius 2 is 2.20 bits per heavy atom. The molecule has 1 aliphatic rings. The fraction of sp³-hybridized carbons (Fsp3) is 0.500. The number of pyridine rings is 1. The van der Waals surface area contributed by atoms with E-state index in [-0.39, 0.29) is 11.6 Å². The molecule has 20 heavy (non-hydrogen) atoms. The van der Waals surface area contributed by atoms with Crippen LogP contribution in [-0.4, -0.2) is 27.5 Å². The average Bonchev–Trinajstić information content (AvgIpc) is 2.41. The van der Waals surface area contributed by atoms with Crippen LogP contribution >= 0.6 is 15.9 Å². The second kappa shape index (κ2) is 5.91. The minimum atomic E-state index is -1.18. The number of rotatable bonds is 3. The smallest absolute Gasteiger partial charge is 0.329 e. The highest BCUT2D eigenvalue weighted by Crippen LogP contribution is 2.34. The first-order valence-electron chi connectivity index (χ1n) is 6.64. The van der Waals surface area contributed by atoms with E-state index in [0.717, 1.165) is 19.3 Å². The van der Waals surface area contributed by atoms with Gasteiger partial charge >= 0.3 is 5.97 Å². The zero-order valence-electron chi connectivity index (χ0n) is 11.2. The molecule has 1 saturated carbocycles. The van der Waals surface area contributed by atoms with Crippen LogP contribution in [0.25, 0.3) is 0 Å². The normalized spacial score (nSPS) is 26.0. The maximum atomic E-state index is 12.3. The monoisotopic (exact) mass is 340 g/mol. The fourth-order valence-electron chi connectivity index (χ4n) is 2.71. The van der Waals surface area contributed by atoms with Crippen LogP contribution in [0.2, 0.25) is 0 Å². The van der Waals surface area contributed by atoms with E-state index >= 15 is 0 Å². The van der Waals surface area contributed by atoms with E-state index in [1.807, 2.05) is 6.92 Å². The van der Waals surface area contributed by atoms with Gasteiger partial charge in [0.15, 0.2) is 0 Å². The number of hydrogen-bond donors (Lipinski definition) is 2. The molecule has 0 aliphatic heterocycles. The van der Waals surface area contributed by atoms with E-state index in [1.165, 1.54) is 0 Å². The van der Waals surface area contributed by atoms with Gasteiger partial charge in [-0.05, 0) is 46.8 Å². The van der Waals surface area contributed by atoms with Crippen LogP contribution in [0.15, 0.2) is 22.8 Å². The van der Waals surface area contributed by atoms with Crippen LogP contribution in [0.3, 0.4) is 0 Å². The lowest BCUT2D eigenvalue weighted by Gasteiger charge is -2.39. The number of carboxylic acid groups (broad SMARTS) is 1. The van der Waals surface area contributed by atoms with Gasteiger partial charge in [-0.3, -0.25) is 4.79 Å². The molecule has 1 amide bonds. The number of carbonyl (C=O) groups is 2. The van der Waals surface area contributed by atoms with Crippen molar-refractivity contribution >= 4 is 27.8 Å². The standard InChI is InChI=1S/C14H17BrN2O3/c1-9-5-2-3-8-14(9,13(19)20)17-12(18)10-6-4-7-11(15)16-10/h4,6-7,9H,2-3,5,8H2,1H3,(H,17,18)(H,19,20). The van der Waals surface area contributed by atoms with E-state index < -0.39 is 17.4 Å². The lowest BCUT2D eigenvalue weighted by atomic mass is 9.73. The van der Waals surface area contributed by atoms with E-state index in [4.69, 9.17) is 0 Å². The van der Waals surface area contributed by atoms with Gasteiger partial charge in [-0.25, -0.2) is 9.78 Å². The molecular weight excluding hydrogens is 324 g/mol. The molecule has 2 unspecified atom stereocenters. The van der Waals surface area contributed by atoms with Crippen LogP contribution in [0.5, 0.6) is 0 Å². The number of carboxylic acids is 1. The molecule has 2 N–H and O–H groups in total. The first-order chi connectivity index (χ1) is 9.45. The summed E-state index contributed by atoms with van der Waals surface area (Å²) in [4.78, 5) is 28.0. The van der Waals surface area contributed by atoms with Gasteiger partial charge in [-0.2, -0.15) is 0 Å². The van der Waals surface area contributed by atoms with Crippen LogP contribution in [0.4, 0.5) is 0 Å². The number of nitrogens with zero attached hydrogens (tertiary/aromatic N) is 1. The van der Waals surface area contributed by atoms with Crippen molar-refractivity contribution in [3.05, 3.63) is 28.5 Å². The number of hydrogen-bond acceptors (Lipinski definition) is 3. The third kappa shape index (κ3) is 2.85. The zero-order chi connectivity index (χ0) is 14.8. The molecule has 0 saturated heterocycles. The fourth-order valence-corrected chi connectivity index (χ4v) is 3.05. The summed E-state index contributed by atoms with van der Waals surface area (Å²) >= 11 is 3.20. The molecule has 0 spiro atoms. The Kier molecular flexibility index (Phi) is 4.42. The highest BCUT2D eigenvalue weighted by Gasteiger charge is 2.46. The van der Waals surface area contributed by atoms with E-state index in [9.17, 15) is 14.7 Å². The molecule has 0 aromatic carbocycles. The number of aliphatic carboxylic acids is 1. The summed E-state index contributed by atoms with van der Waals surface area (Å²) in [6.07, 6.45) is 3.08. The number of aromatic nitrogens is 1. The Labute approximate surface area is 125 Å². The van der Waals surface area contributed by atoms with Gasteiger partial charge in [0.2, 0.25) is 0 Å². The summed E-state index contributed by atoms with van der Waals surface area (Å²) < 4.78 is 0.547. The number of amides is 1. The van der Waals surface area contributed by atoms with Crippen LogP contribution in [0.1, 0.15) is 43.1 Å². The summed E-state index contributed by atoms with van der Waals surface area (Å²) in [5, 5.41) is 12.3. The quantitative estimate of drug-likeness (QED) is 0.829. The molecule has 0 radical (unpaired) electrons. The van der Waals surface area contributed by atoms with E-state index in [0.29, 0.717) is 11.0 Å². The topological polar surface area (TPSA) is 79.3 Å². The maximum Gasteiger partial charge on any atom is 0.329 e. The molecule has 1 fully saturated rings. The lowest BCUT2D eigenvalue weighted by Crippen LogP contribution is -2.60. The van der Waals surface area contributed by atoms with Crippen molar-refractivity contribution in [2.75, 3.05) is 0 Å². The van der Waals surface area contributed by atoms with Gasteiger partial charge in [-0.1, -0.05) is 25.8 Å². The number of nitrogens with one attached hydrogen (secondary N) is 1. The van der Waals surface area contributed by atoms with Crippen molar-refractivity contribution in [3.8, 4) is 0 Å². The Morgan fingerprint density at radius 3 is 2.80 bits per heavy atom. The summed E-state index contributed by atoms with van der Waals surface area (Å²) in [5.74, 6) is -1.50. The highest BCUT2D eigenvalue weighted by molar-refractivity contribution is 9.10. The summed E-state index contributed by atoms with van der Waals surface area (Å²) in [7, 11) is 0. The van der Waals surface area contributed by atoms with Gasteiger partial charge in [0.25, 0.3) is 5.91 Å². The largest absolute Gasteiger partial charge is 0.479 e. The zero-order valence-corrected chi connectivity index (χ0v) is 12.8. The van der Waals surface area contributed by atoms with Crippen molar-refractivity contribution in [1.29, 1.82) is 0 Å². The highest BCUT2D eigenvalue weighted by atomic mass is 79.9. The second-order valence-electron chi connectivity index (χ2n) is 5.22. The maximum absolute atomic E-state index is 12.3. The molecule has 2 atom stereocenters. The average molecular weight is 341 g/mol. The third-order valence-electron chi connectivity index (χ3n) is 3.97. The van der Waals surface area contributed by atoms with Gasteiger partial charge in [0, 0.05) is 0 Å². The van der Waals surface area contributed by atoms with Crippen molar-refractivity contribution in [2.24, 2.45) is 5.92 Å². The Hall–Kier alpha value is -1.43. The van der Waals surface area contributed by atoms with Crippen LogP contribution < -0.4 is 5.32 Å². The second-order valence-corrected chi connectivity index (χ2v) is 6.04. The summed E-state index contributed by atoms with van der Waals surface area (Å²) in [5.41, 5.74) is -0.961. The molecule has 2 rings (SSSR count). The minimum absolute atomic E-state index is 0.0927. The van der Waals surface area contributed by atoms with Gasteiger partial charge < -0.3 is 10.4 Å². The van der Waals surface area contributed by atoms with Crippen molar-refractivity contribution in [1.82, 2.24) is 10.3 Å². The Morgan fingerprint density at radius 1 is 1.45 bits per heavy atom. The van der Waals surface area contributed by atoms with Gasteiger partial charge in [-0.15, -0.1) is 0 Å². The van der Waals surface area contributed by atoms with E-state index in [2.05, 4.69) is 26.2 Å². The molecule has 6 heteroatoms. The third-order valence-corrected chi connectivity index (χ3v) is 4.41. The molecular formula is C14H17BrN2O3. The predicted octanol–water partition coefficient (Wildman–Crippen LogP) is 2.61. The van der Waals surface area contributed by atoms with Crippen LogP contribution in [-0.2, 0) is 4.79 Å². The van der Waals surface area contributed by atoms with Crippen molar-refractivity contribution in [2.45, 2.75) is 38.1 Å². The first-order valence-corrected chi connectivity index (χ1v) is 7.43. The van der Waals surface area contributed by atoms with Crippen molar-refractivity contribution < 1.29 is 14.7 Å². The molecule has 5 nitrogen and oxygen atoms in total. The van der Waals surface area contributed by atoms with Crippen LogP contribution in [0, 0.1) is 5.92 Å². The molecule has 1 aromatic rings. The Balaban J connectivity index is 2.24. The molecule has 108 valence electrons. The summed E-state index contributed by atoms with van der Waals surface area (Å²) in [6, 6.07) is 4.99. The minimum Gasteiger partial charge on any atom is -0.479 e. The predicted molar refractivity (Wildman–Crippen MR) is 77.4 cm³/mol. The SMILES string of the molecule is CC1CCCCC1(NC(=O)c1cccc(Br)n1)C(=O)O. The molecule has 1 heterocycles. The summed E-state index contributed by atoms with van der Waals surface area (Å²) in [6.45, 7) is 1.88. The van der Waals surface area contributed by atoms with Gasteiger partial charge in [0.1, 0.15) is 15.8 Å².